The predicted molar refractivity (Wildman–Crippen MR) is 81.1 cm³/mol. The molecule has 1 aliphatic heterocycles. The number of hydrogen-bond donors (Lipinski definition) is 1. The first kappa shape index (κ1) is 13.7. The predicted octanol–water partition coefficient (Wildman–Crippen LogP) is 3.80. The van der Waals surface area contributed by atoms with Crippen molar-refractivity contribution in [3.8, 4) is 5.75 Å². The highest BCUT2D eigenvalue weighted by atomic mass is 35.5. The van der Waals surface area contributed by atoms with Crippen molar-refractivity contribution in [3.63, 3.8) is 0 Å². The van der Waals surface area contributed by atoms with Crippen molar-refractivity contribution in [2.45, 2.75) is 13.0 Å². The van der Waals surface area contributed by atoms with E-state index < -0.39 is 4.92 Å². The van der Waals surface area contributed by atoms with E-state index in [1.54, 1.807) is 6.07 Å². The molecule has 1 aliphatic rings. The van der Waals surface area contributed by atoms with E-state index in [0.29, 0.717) is 12.2 Å². The van der Waals surface area contributed by atoms with Crippen molar-refractivity contribution in [3.05, 3.63) is 62.7 Å². The Kier molecular flexibility index (Phi) is 3.66. The fraction of sp³-hybridized carbons (Fsp3) is 0.200. The molecule has 0 atom stereocenters. The van der Waals surface area contributed by atoms with Crippen LogP contribution in [0, 0.1) is 10.1 Å². The lowest BCUT2D eigenvalue weighted by Gasteiger charge is -2.08. The molecule has 0 amide bonds. The third kappa shape index (κ3) is 2.92. The highest BCUT2D eigenvalue weighted by Crippen LogP contribution is 2.28. The van der Waals surface area contributed by atoms with Crippen molar-refractivity contribution in [1.29, 1.82) is 0 Å². The van der Waals surface area contributed by atoms with Crippen LogP contribution in [0.3, 0.4) is 0 Å². The third-order valence-electron chi connectivity index (χ3n) is 3.39. The summed E-state index contributed by atoms with van der Waals surface area (Å²) in [5.41, 5.74) is 2.89. The number of anilines is 1. The lowest BCUT2D eigenvalue weighted by atomic mass is 10.1. The number of ether oxygens (including phenoxy) is 1. The molecule has 0 radical (unpaired) electrons. The molecular weight excluding hydrogens is 292 g/mol. The average Bonchev–Trinajstić information content (AvgIpc) is 2.93. The standard InChI is InChI=1S/C15H13ClN2O3/c16-13-3-2-12(8-14(13)18(19)20)17-9-10-1-4-15-11(7-10)5-6-21-15/h1-4,7-8,17H,5-6,9H2. The first-order chi connectivity index (χ1) is 10.1. The second kappa shape index (κ2) is 5.61. The molecule has 6 heteroatoms. The average molecular weight is 305 g/mol. The Balaban J connectivity index is 1.73. The molecule has 2 aromatic carbocycles. The molecule has 0 aliphatic carbocycles. The van der Waals surface area contributed by atoms with E-state index in [2.05, 4.69) is 11.4 Å². The Bertz CT molecular complexity index is 703. The van der Waals surface area contributed by atoms with Gasteiger partial charge in [0.05, 0.1) is 11.5 Å². The van der Waals surface area contributed by atoms with Crippen LogP contribution in [0.5, 0.6) is 5.75 Å². The van der Waals surface area contributed by atoms with Gasteiger partial charge in [-0.25, -0.2) is 0 Å². The number of nitro groups is 1. The maximum atomic E-state index is 10.9. The van der Waals surface area contributed by atoms with E-state index in [1.807, 2.05) is 12.1 Å². The Morgan fingerprint density at radius 2 is 2.14 bits per heavy atom. The maximum absolute atomic E-state index is 10.9. The zero-order chi connectivity index (χ0) is 14.8. The highest BCUT2D eigenvalue weighted by molar-refractivity contribution is 6.32. The van der Waals surface area contributed by atoms with Crippen LogP contribution in [0.1, 0.15) is 11.1 Å². The van der Waals surface area contributed by atoms with Gasteiger partial charge in [-0.3, -0.25) is 10.1 Å². The van der Waals surface area contributed by atoms with Gasteiger partial charge < -0.3 is 10.1 Å². The molecule has 1 heterocycles. The molecule has 5 nitrogen and oxygen atoms in total. The highest BCUT2D eigenvalue weighted by Gasteiger charge is 2.14. The van der Waals surface area contributed by atoms with Crippen LogP contribution in [0.4, 0.5) is 11.4 Å². The van der Waals surface area contributed by atoms with Crippen molar-refractivity contribution in [2.24, 2.45) is 0 Å². The molecule has 108 valence electrons. The van der Waals surface area contributed by atoms with Crippen LogP contribution in [0.25, 0.3) is 0 Å². The van der Waals surface area contributed by atoms with Gasteiger partial charge >= 0.3 is 0 Å². The van der Waals surface area contributed by atoms with E-state index in [1.165, 1.54) is 17.7 Å². The first-order valence-corrected chi connectivity index (χ1v) is 6.94. The van der Waals surface area contributed by atoms with Gasteiger partial charge in [0, 0.05) is 24.7 Å². The van der Waals surface area contributed by atoms with Gasteiger partial charge in [-0.1, -0.05) is 23.7 Å². The van der Waals surface area contributed by atoms with Gasteiger partial charge in [-0.05, 0) is 29.3 Å². The molecule has 0 aromatic heterocycles. The minimum Gasteiger partial charge on any atom is -0.493 e. The summed E-state index contributed by atoms with van der Waals surface area (Å²) >= 11 is 5.79. The van der Waals surface area contributed by atoms with E-state index in [-0.39, 0.29) is 10.7 Å². The maximum Gasteiger partial charge on any atom is 0.289 e. The molecule has 21 heavy (non-hydrogen) atoms. The summed E-state index contributed by atoms with van der Waals surface area (Å²) in [6.45, 7) is 1.32. The van der Waals surface area contributed by atoms with E-state index in [0.717, 1.165) is 24.3 Å². The summed E-state index contributed by atoms with van der Waals surface area (Å²) < 4.78 is 5.46. The molecule has 2 aromatic rings. The zero-order valence-corrected chi connectivity index (χ0v) is 11.9. The summed E-state index contributed by atoms with van der Waals surface area (Å²) in [4.78, 5) is 10.4. The quantitative estimate of drug-likeness (QED) is 0.689. The number of fused-ring (bicyclic) bond motifs is 1. The molecule has 0 saturated heterocycles. The van der Waals surface area contributed by atoms with Crippen LogP contribution in [-0.4, -0.2) is 11.5 Å². The minimum atomic E-state index is -0.486. The Morgan fingerprint density at radius 3 is 2.95 bits per heavy atom. The number of rotatable bonds is 4. The molecule has 0 fully saturated rings. The molecule has 0 unspecified atom stereocenters. The van der Waals surface area contributed by atoms with Crippen LogP contribution >= 0.6 is 11.6 Å². The lowest BCUT2D eigenvalue weighted by molar-refractivity contribution is -0.384. The van der Waals surface area contributed by atoms with E-state index in [4.69, 9.17) is 16.3 Å². The van der Waals surface area contributed by atoms with E-state index in [9.17, 15) is 10.1 Å². The van der Waals surface area contributed by atoms with Gasteiger partial charge in [-0.15, -0.1) is 0 Å². The van der Waals surface area contributed by atoms with Crippen LogP contribution in [-0.2, 0) is 13.0 Å². The Labute approximate surface area is 126 Å². The van der Waals surface area contributed by atoms with Gasteiger partial charge in [-0.2, -0.15) is 0 Å². The Morgan fingerprint density at radius 1 is 1.29 bits per heavy atom. The van der Waals surface area contributed by atoms with E-state index >= 15 is 0 Å². The van der Waals surface area contributed by atoms with Gasteiger partial charge in [0.2, 0.25) is 0 Å². The summed E-state index contributed by atoms with van der Waals surface area (Å²) in [5, 5.41) is 14.2. The van der Waals surface area contributed by atoms with Crippen LogP contribution < -0.4 is 10.1 Å². The fourth-order valence-corrected chi connectivity index (χ4v) is 2.50. The van der Waals surface area contributed by atoms with Gasteiger partial charge in [0.15, 0.2) is 0 Å². The molecule has 0 saturated carbocycles. The summed E-state index contributed by atoms with van der Waals surface area (Å²) in [6, 6.07) is 10.7. The summed E-state index contributed by atoms with van der Waals surface area (Å²) in [7, 11) is 0. The van der Waals surface area contributed by atoms with Crippen molar-refractivity contribution in [1.82, 2.24) is 0 Å². The number of benzene rings is 2. The van der Waals surface area contributed by atoms with Gasteiger partial charge in [0.25, 0.3) is 5.69 Å². The topological polar surface area (TPSA) is 64.4 Å². The normalized spacial score (nSPS) is 12.6. The SMILES string of the molecule is O=[N+]([O-])c1cc(NCc2ccc3c(c2)CCO3)ccc1Cl. The molecular formula is C15H13ClN2O3. The number of nitrogens with zero attached hydrogens (tertiary/aromatic N) is 1. The smallest absolute Gasteiger partial charge is 0.289 e. The zero-order valence-electron chi connectivity index (χ0n) is 11.1. The summed E-state index contributed by atoms with van der Waals surface area (Å²) in [6.07, 6.45) is 0.926. The number of halogens is 1. The van der Waals surface area contributed by atoms with Gasteiger partial charge in [0.1, 0.15) is 10.8 Å². The number of nitrogens with one attached hydrogen (secondary N) is 1. The minimum absolute atomic E-state index is 0.0935. The third-order valence-corrected chi connectivity index (χ3v) is 3.71. The molecule has 3 rings (SSSR count). The molecule has 1 N–H and O–H groups in total. The number of hydrogen-bond acceptors (Lipinski definition) is 4. The van der Waals surface area contributed by atoms with Crippen molar-refractivity contribution < 1.29 is 9.66 Å². The largest absolute Gasteiger partial charge is 0.493 e. The van der Waals surface area contributed by atoms with Crippen molar-refractivity contribution in [2.75, 3.05) is 11.9 Å². The Hall–Kier alpha value is -2.27. The summed E-state index contributed by atoms with van der Waals surface area (Å²) in [5.74, 6) is 0.945. The van der Waals surface area contributed by atoms with Crippen LogP contribution in [0.2, 0.25) is 5.02 Å². The number of nitro benzene ring substituents is 1. The second-order valence-electron chi connectivity index (χ2n) is 4.82. The van der Waals surface area contributed by atoms with Crippen molar-refractivity contribution >= 4 is 23.0 Å². The van der Waals surface area contributed by atoms with Crippen LogP contribution in [0.15, 0.2) is 36.4 Å². The fourth-order valence-electron chi connectivity index (χ4n) is 2.32. The molecule has 0 spiro atoms. The lowest BCUT2D eigenvalue weighted by Crippen LogP contribution is -2.00. The first-order valence-electron chi connectivity index (χ1n) is 6.56. The second-order valence-corrected chi connectivity index (χ2v) is 5.22. The monoisotopic (exact) mass is 304 g/mol. The molecule has 0 bridgehead atoms.